The Labute approximate surface area is 117 Å². The summed E-state index contributed by atoms with van der Waals surface area (Å²) in [5.74, 6) is -0.459. The highest BCUT2D eigenvalue weighted by Gasteiger charge is 2.26. The van der Waals surface area contributed by atoms with Crippen LogP contribution in [0, 0.1) is 0 Å². The van der Waals surface area contributed by atoms with Crippen molar-refractivity contribution in [2.24, 2.45) is 0 Å². The minimum atomic E-state index is -1.04. The molecule has 0 saturated heterocycles. The molecule has 1 heterocycles. The van der Waals surface area contributed by atoms with Crippen LogP contribution >= 0.6 is 0 Å². The van der Waals surface area contributed by atoms with E-state index in [1.54, 1.807) is 0 Å². The summed E-state index contributed by atoms with van der Waals surface area (Å²) in [7, 11) is 0. The Balaban J connectivity index is 2.01. The van der Waals surface area contributed by atoms with E-state index in [0.717, 1.165) is 29.7 Å². The van der Waals surface area contributed by atoms with Gasteiger partial charge in [0.1, 0.15) is 17.9 Å². The van der Waals surface area contributed by atoms with Crippen molar-refractivity contribution in [3.63, 3.8) is 0 Å². The third-order valence-electron chi connectivity index (χ3n) is 3.31. The van der Waals surface area contributed by atoms with Gasteiger partial charge in [-0.2, -0.15) is 0 Å². The van der Waals surface area contributed by atoms with Crippen molar-refractivity contribution in [3.05, 3.63) is 29.3 Å². The lowest BCUT2D eigenvalue weighted by Crippen LogP contribution is -2.33. The first-order chi connectivity index (χ1) is 9.35. The summed E-state index contributed by atoms with van der Waals surface area (Å²) in [6, 6.07) is 5.70. The molecule has 0 spiro atoms. The summed E-state index contributed by atoms with van der Waals surface area (Å²) in [6.45, 7) is 3.77. The van der Waals surface area contributed by atoms with Gasteiger partial charge in [0, 0.05) is 0 Å². The fourth-order valence-corrected chi connectivity index (χ4v) is 2.24. The van der Waals surface area contributed by atoms with Gasteiger partial charge in [-0.25, -0.2) is 0 Å². The molecule has 0 aromatic heterocycles. The number of hydrogen-bond acceptors (Lipinski definition) is 3. The number of amides is 1. The minimum Gasteiger partial charge on any atom is -0.488 e. The molecule has 0 bridgehead atoms. The molecule has 0 radical (unpaired) electrons. The standard InChI is InChI=1S/C15H19NO4/c1-15(2)6-5-11-7-10(3-4-12(11)20-15)8-13(17)16-9-14(18)19/h3-4,7H,5-6,8-9H2,1-2H3,(H,16,17)(H,18,19). The van der Waals surface area contributed by atoms with Gasteiger partial charge in [-0.3, -0.25) is 9.59 Å². The second kappa shape index (κ2) is 5.53. The third-order valence-corrected chi connectivity index (χ3v) is 3.31. The Morgan fingerprint density at radius 2 is 2.15 bits per heavy atom. The maximum absolute atomic E-state index is 11.6. The zero-order valence-corrected chi connectivity index (χ0v) is 11.7. The van der Waals surface area contributed by atoms with Crippen molar-refractivity contribution in [1.82, 2.24) is 5.32 Å². The van der Waals surface area contributed by atoms with Crippen LogP contribution in [0.3, 0.4) is 0 Å². The fourth-order valence-electron chi connectivity index (χ4n) is 2.24. The molecule has 0 fully saturated rings. The van der Waals surface area contributed by atoms with E-state index in [9.17, 15) is 9.59 Å². The van der Waals surface area contributed by atoms with E-state index >= 15 is 0 Å². The molecule has 108 valence electrons. The van der Waals surface area contributed by atoms with E-state index in [2.05, 4.69) is 19.2 Å². The highest BCUT2D eigenvalue weighted by atomic mass is 16.5. The maximum Gasteiger partial charge on any atom is 0.322 e. The largest absolute Gasteiger partial charge is 0.488 e. The first kappa shape index (κ1) is 14.4. The summed E-state index contributed by atoms with van der Waals surface area (Å²) < 4.78 is 5.88. The van der Waals surface area contributed by atoms with E-state index in [4.69, 9.17) is 9.84 Å². The number of nitrogens with one attached hydrogen (secondary N) is 1. The molecule has 1 aliphatic rings. The van der Waals surface area contributed by atoms with E-state index < -0.39 is 5.97 Å². The number of carboxylic acid groups (broad SMARTS) is 1. The molecule has 1 aromatic carbocycles. The van der Waals surface area contributed by atoms with E-state index in [1.165, 1.54) is 0 Å². The highest BCUT2D eigenvalue weighted by molar-refractivity contribution is 5.82. The van der Waals surface area contributed by atoms with Crippen molar-refractivity contribution >= 4 is 11.9 Å². The van der Waals surface area contributed by atoms with Gasteiger partial charge in [0.25, 0.3) is 0 Å². The lowest BCUT2D eigenvalue weighted by Gasteiger charge is -2.32. The number of hydrogen-bond donors (Lipinski definition) is 2. The Hall–Kier alpha value is -2.04. The van der Waals surface area contributed by atoms with Crippen LogP contribution in [0.15, 0.2) is 18.2 Å². The Kier molecular flexibility index (Phi) is 3.97. The average Bonchev–Trinajstić information content (AvgIpc) is 2.36. The summed E-state index contributed by atoms with van der Waals surface area (Å²) in [5, 5.41) is 10.9. The Bertz CT molecular complexity index is 537. The zero-order valence-electron chi connectivity index (χ0n) is 11.7. The van der Waals surface area contributed by atoms with Gasteiger partial charge < -0.3 is 15.2 Å². The van der Waals surface area contributed by atoms with Crippen LogP contribution < -0.4 is 10.1 Å². The Morgan fingerprint density at radius 3 is 2.85 bits per heavy atom. The summed E-state index contributed by atoms with van der Waals surface area (Å²) >= 11 is 0. The van der Waals surface area contributed by atoms with Gasteiger partial charge in [-0.05, 0) is 43.9 Å². The van der Waals surface area contributed by atoms with Gasteiger partial charge in [0.05, 0.1) is 6.42 Å². The first-order valence-corrected chi connectivity index (χ1v) is 6.65. The van der Waals surface area contributed by atoms with Crippen LogP contribution in [0.2, 0.25) is 0 Å². The SMILES string of the molecule is CC1(C)CCc2cc(CC(=O)NCC(=O)O)ccc2O1. The van der Waals surface area contributed by atoms with Crippen LogP contribution in [0.25, 0.3) is 0 Å². The van der Waals surface area contributed by atoms with Gasteiger partial charge in [0.15, 0.2) is 0 Å². The smallest absolute Gasteiger partial charge is 0.322 e. The maximum atomic E-state index is 11.6. The third kappa shape index (κ3) is 3.73. The number of ether oxygens (including phenoxy) is 1. The molecule has 5 heteroatoms. The van der Waals surface area contributed by atoms with Gasteiger partial charge in [0.2, 0.25) is 5.91 Å². The number of benzene rings is 1. The quantitative estimate of drug-likeness (QED) is 0.875. The van der Waals surface area contributed by atoms with Crippen molar-refractivity contribution < 1.29 is 19.4 Å². The summed E-state index contributed by atoms with van der Waals surface area (Å²) in [5.41, 5.74) is 1.83. The highest BCUT2D eigenvalue weighted by Crippen LogP contribution is 2.33. The van der Waals surface area contributed by atoms with Crippen molar-refractivity contribution in [3.8, 4) is 5.75 Å². The van der Waals surface area contributed by atoms with Crippen LogP contribution in [0.1, 0.15) is 31.4 Å². The number of aryl methyl sites for hydroxylation is 1. The van der Waals surface area contributed by atoms with Crippen molar-refractivity contribution in [1.29, 1.82) is 0 Å². The lowest BCUT2D eigenvalue weighted by molar-refractivity contribution is -0.137. The molecule has 2 N–H and O–H groups in total. The molecule has 5 nitrogen and oxygen atoms in total. The molecular formula is C15H19NO4. The molecule has 0 atom stereocenters. The monoisotopic (exact) mass is 277 g/mol. The number of carbonyl (C=O) groups excluding carboxylic acids is 1. The molecule has 1 aromatic rings. The summed E-state index contributed by atoms with van der Waals surface area (Å²) in [6.07, 6.45) is 2.05. The zero-order chi connectivity index (χ0) is 14.8. The van der Waals surface area contributed by atoms with Crippen LogP contribution in [-0.2, 0) is 22.4 Å². The van der Waals surface area contributed by atoms with Gasteiger partial charge >= 0.3 is 5.97 Å². The average molecular weight is 277 g/mol. The second-order valence-corrected chi connectivity index (χ2v) is 5.65. The van der Waals surface area contributed by atoms with Gasteiger partial charge in [-0.1, -0.05) is 12.1 Å². The molecule has 0 unspecified atom stereocenters. The molecule has 0 aliphatic carbocycles. The van der Waals surface area contributed by atoms with E-state index in [1.807, 2.05) is 18.2 Å². The van der Waals surface area contributed by atoms with Gasteiger partial charge in [-0.15, -0.1) is 0 Å². The molecule has 1 aliphatic heterocycles. The predicted molar refractivity (Wildman–Crippen MR) is 73.8 cm³/mol. The molecular weight excluding hydrogens is 258 g/mol. The first-order valence-electron chi connectivity index (χ1n) is 6.65. The predicted octanol–water partition coefficient (Wildman–Crippen LogP) is 1.53. The Morgan fingerprint density at radius 1 is 1.40 bits per heavy atom. The fraction of sp³-hybridized carbons (Fsp3) is 0.467. The lowest BCUT2D eigenvalue weighted by atomic mass is 9.93. The van der Waals surface area contributed by atoms with Crippen LogP contribution in [0.4, 0.5) is 0 Å². The number of aliphatic carboxylic acids is 1. The number of rotatable bonds is 4. The number of carbonyl (C=O) groups is 2. The number of fused-ring (bicyclic) bond motifs is 1. The van der Waals surface area contributed by atoms with Crippen molar-refractivity contribution in [2.45, 2.75) is 38.7 Å². The second-order valence-electron chi connectivity index (χ2n) is 5.65. The summed E-state index contributed by atoms with van der Waals surface area (Å²) in [4.78, 5) is 22.0. The van der Waals surface area contributed by atoms with Crippen LogP contribution in [0.5, 0.6) is 5.75 Å². The topological polar surface area (TPSA) is 75.6 Å². The molecule has 20 heavy (non-hydrogen) atoms. The van der Waals surface area contributed by atoms with E-state index in [0.29, 0.717) is 0 Å². The molecule has 1 amide bonds. The molecule has 0 saturated carbocycles. The normalized spacial score (nSPS) is 15.9. The van der Waals surface area contributed by atoms with Crippen molar-refractivity contribution in [2.75, 3.05) is 6.54 Å². The van der Waals surface area contributed by atoms with Crippen LogP contribution in [-0.4, -0.2) is 29.1 Å². The minimum absolute atomic E-state index is 0.145. The number of carboxylic acids is 1. The van der Waals surface area contributed by atoms with E-state index in [-0.39, 0.29) is 24.5 Å². The molecule has 2 rings (SSSR count).